The van der Waals surface area contributed by atoms with E-state index in [1.54, 1.807) is 24.3 Å². The van der Waals surface area contributed by atoms with Gasteiger partial charge in [-0.3, -0.25) is 9.59 Å². The zero-order valence-electron chi connectivity index (χ0n) is 9.31. The number of hydrogen-bond donors (Lipinski definition) is 0. The van der Waals surface area contributed by atoms with Crippen molar-refractivity contribution in [1.82, 2.24) is 10.0 Å². The highest BCUT2D eigenvalue weighted by Gasteiger charge is 2.56. The molecular formula is C12H11BrN2O2. The summed E-state index contributed by atoms with van der Waals surface area (Å²) in [7, 11) is 0. The SMILES string of the molecule is CC1(CBr)CN1N1C(=O)c2ccccc2C1=O. The van der Waals surface area contributed by atoms with E-state index >= 15 is 0 Å². The molecule has 0 aliphatic carbocycles. The van der Waals surface area contributed by atoms with Crippen molar-refractivity contribution in [1.29, 1.82) is 0 Å². The van der Waals surface area contributed by atoms with E-state index in [4.69, 9.17) is 0 Å². The molecule has 0 saturated carbocycles. The fourth-order valence-electron chi connectivity index (χ4n) is 2.11. The zero-order valence-corrected chi connectivity index (χ0v) is 10.9. The number of amides is 2. The number of imide groups is 1. The minimum absolute atomic E-state index is 0.118. The Labute approximate surface area is 107 Å². The van der Waals surface area contributed by atoms with Gasteiger partial charge in [0.2, 0.25) is 0 Å². The van der Waals surface area contributed by atoms with Gasteiger partial charge < -0.3 is 0 Å². The molecule has 2 unspecified atom stereocenters. The van der Waals surface area contributed by atoms with Crippen LogP contribution in [0.5, 0.6) is 0 Å². The molecule has 0 spiro atoms. The van der Waals surface area contributed by atoms with E-state index in [9.17, 15) is 9.59 Å². The van der Waals surface area contributed by atoms with Gasteiger partial charge in [-0.2, -0.15) is 0 Å². The highest BCUT2D eigenvalue weighted by Crippen LogP contribution is 2.39. The molecule has 1 aromatic rings. The van der Waals surface area contributed by atoms with Crippen molar-refractivity contribution in [3.05, 3.63) is 35.4 Å². The third-order valence-electron chi connectivity index (χ3n) is 3.31. The quantitative estimate of drug-likeness (QED) is 0.473. The van der Waals surface area contributed by atoms with Crippen molar-refractivity contribution >= 4 is 27.7 Å². The maximum Gasteiger partial charge on any atom is 0.276 e. The van der Waals surface area contributed by atoms with Gasteiger partial charge in [0.05, 0.1) is 16.7 Å². The number of rotatable bonds is 2. The standard InChI is InChI=1S/C12H11BrN2O2/c1-12(6-13)7-14(12)15-10(16)8-4-2-3-5-9(8)11(15)17/h2-5H,6-7H2,1H3. The maximum atomic E-state index is 12.1. The second-order valence-electron chi connectivity index (χ2n) is 4.66. The second-order valence-corrected chi connectivity index (χ2v) is 5.22. The summed E-state index contributed by atoms with van der Waals surface area (Å²) in [6.07, 6.45) is 0. The van der Waals surface area contributed by atoms with Crippen LogP contribution in [0.3, 0.4) is 0 Å². The summed E-state index contributed by atoms with van der Waals surface area (Å²) in [6, 6.07) is 6.95. The summed E-state index contributed by atoms with van der Waals surface area (Å²) >= 11 is 3.40. The lowest BCUT2D eigenvalue weighted by atomic mass is 10.1. The number of hydrogen-bond acceptors (Lipinski definition) is 3. The highest BCUT2D eigenvalue weighted by atomic mass is 79.9. The average Bonchev–Trinajstić information content (AvgIpc) is 2.94. The zero-order chi connectivity index (χ0) is 12.2. The molecule has 0 aromatic heterocycles. The van der Waals surface area contributed by atoms with E-state index in [0.717, 1.165) is 11.9 Å². The molecule has 4 nitrogen and oxygen atoms in total. The number of halogens is 1. The average molecular weight is 295 g/mol. The number of hydrazine groups is 1. The lowest BCUT2D eigenvalue weighted by Gasteiger charge is -2.18. The maximum absolute atomic E-state index is 12.1. The molecule has 0 N–H and O–H groups in total. The Morgan fingerprint density at radius 3 is 2.18 bits per heavy atom. The first-order chi connectivity index (χ1) is 8.08. The van der Waals surface area contributed by atoms with Gasteiger partial charge in [0.15, 0.2) is 0 Å². The van der Waals surface area contributed by atoms with Crippen molar-refractivity contribution in [2.45, 2.75) is 12.5 Å². The van der Waals surface area contributed by atoms with E-state index in [0.29, 0.717) is 11.1 Å². The minimum Gasteiger partial charge on any atom is -0.267 e. The van der Waals surface area contributed by atoms with Gasteiger partial charge in [0.1, 0.15) is 0 Å². The Morgan fingerprint density at radius 2 is 1.76 bits per heavy atom. The van der Waals surface area contributed by atoms with E-state index in [2.05, 4.69) is 15.9 Å². The van der Waals surface area contributed by atoms with Crippen molar-refractivity contribution in [3.63, 3.8) is 0 Å². The molecule has 0 bridgehead atoms. The second kappa shape index (κ2) is 3.40. The van der Waals surface area contributed by atoms with Gasteiger partial charge in [-0.15, -0.1) is 0 Å². The van der Waals surface area contributed by atoms with Gasteiger partial charge in [-0.05, 0) is 19.1 Å². The van der Waals surface area contributed by atoms with Gasteiger partial charge >= 0.3 is 0 Å². The van der Waals surface area contributed by atoms with Crippen LogP contribution in [0.25, 0.3) is 0 Å². The van der Waals surface area contributed by atoms with Crippen LogP contribution >= 0.6 is 15.9 Å². The molecule has 88 valence electrons. The first-order valence-corrected chi connectivity index (χ1v) is 6.52. The number of nitrogens with zero attached hydrogens (tertiary/aromatic N) is 2. The van der Waals surface area contributed by atoms with Crippen LogP contribution in [0, 0.1) is 0 Å². The van der Waals surface area contributed by atoms with E-state index in [-0.39, 0.29) is 17.4 Å². The molecule has 3 rings (SSSR count). The highest BCUT2D eigenvalue weighted by molar-refractivity contribution is 9.09. The summed E-state index contributed by atoms with van der Waals surface area (Å²) in [5.41, 5.74) is 0.885. The van der Waals surface area contributed by atoms with Crippen LogP contribution in [0.1, 0.15) is 27.6 Å². The number of carbonyl (C=O) groups is 2. The largest absolute Gasteiger partial charge is 0.276 e. The molecule has 2 aliphatic rings. The number of fused-ring (bicyclic) bond motifs is 1. The third kappa shape index (κ3) is 1.39. The van der Waals surface area contributed by atoms with Crippen molar-refractivity contribution in [2.75, 3.05) is 11.9 Å². The third-order valence-corrected chi connectivity index (χ3v) is 4.52. The Hall–Kier alpha value is -1.20. The van der Waals surface area contributed by atoms with Crippen molar-refractivity contribution in [2.24, 2.45) is 0 Å². The molecule has 0 radical (unpaired) electrons. The first kappa shape index (κ1) is 10.9. The Kier molecular flexibility index (Phi) is 2.18. The van der Waals surface area contributed by atoms with Crippen LogP contribution < -0.4 is 0 Å². The molecule has 17 heavy (non-hydrogen) atoms. The van der Waals surface area contributed by atoms with Gasteiger partial charge in [-0.1, -0.05) is 28.1 Å². The van der Waals surface area contributed by atoms with Crippen molar-refractivity contribution in [3.8, 4) is 0 Å². The predicted octanol–water partition coefficient (Wildman–Crippen LogP) is 1.67. The molecular weight excluding hydrogens is 284 g/mol. The topological polar surface area (TPSA) is 40.4 Å². The lowest BCUT2D eigenvalue weighted by Crippen LogP contribution is -2.39. The molecule has 1 fully saturated rings. The molecule has 1 saturated heterocycles. The van der Waals surface area contributed by atoms with Crippen LogP contribution in [-0.2, 0) is 0 Å². The number of benzene rings is 1. The summed E-state index contributed by atoms with van der Waals surface area (Å²) in [5.74, 6) is -0.425. The predicted molar refractivity (Wildman–Crippen MR) is 65.8 cm³/mol. The van der Waals surface area contributed by atoms with Crippen molar-refractivity contribution < 1.29 is 9.59 Å². The molecule has 2 heterocycles. The van der Waals surface area contributed by atoms with Gasteiger partial charge in [0, 0.05) is 11.9 Å². The monoisotopic (exact) mass is 294 g/mol. The summed E-state index contributed by atoms with van der Waals surface area (Å²) in [6.45, 7) is 2.75. The van der Waals surface area contributed by atoms with Crippen LogP contribution in [0.15, 0.2) is 24.3 Å². The van der Waals surface area contributed by atoms with Crippen LogP contribution in [0.4, 0.5) is 0 Å². The number of carbonyl (C=O) groups excluding carboxylic acids is 2. The van der Waals surface area contributed by atoms with E-state index < -0.39 is 0 Å². The van der Waals surface area contributed by atoms with Gasteiger partial charge in [-0.25, -0.2) is 10.0 Å². The molecule has 5 heteroatoms. The molecule has 2 amide bonds. The minimum atomic E-state index is -0.213. The fraction of sp³-hybridized carbons (Fsp3) is 0.333. The Balaban J connectivity index is 1.97. The summed E-state index contributed by atoms with van der Waals surface area (Å²) in [5, 5.41) is 3.83. The molecule has 2 aliphatic heterocycles. The van der Waals surface area contributed by atoms with Gasteiger partial charge in [0.25, 0.3) is 11.8 Å². The van der Waals surface area contributed by atoms with E-state index in [1.165, 1.54) is 5.01 Å². The fourth-order valence-corrected chi connectivity index (χ4v) is 2.57. The normalized spacial score (nSPS) is 30.7. The number of alkyl halides is 1. The summed E-state index contributed by atoms with van der Waals surface area (Å²) in [4.78, 5) is 24.3. The Morgan fingerprint density at radius 1 is 1.24 bits per heavy atom. The Bertz CT molecular complexity index is 496. The lowest BCUT2D eigenvalue weighted by molar-refractivity contribution is 0.0335. The van der Waals surface area contributed by atoms with Crippen LogP contribution in [0.2, 0.25) is 0 Å². The van der Waals surface area contributed by atoms with Crippen LogP contribution in [-0.4, -0.2) is 39.2 Å². The smallest absolute Gasteiger partial charge is 0.267 e. The first-order valence-electron chi connectivity index (χ1n) is 5.40. The summed E-state index contributed by atoms with van der Waals surface area (Å²) < 4.78 is 0. The molecule has 1 aromatic carbocycles. The van der Waals surface area contributed by atoms with E-state index in [1.807, 2.05) is 11.9 Å². The molecule has 2 atom stereocenters.